The smallest absolute Gasteiger partial charge is 0.262 e. The Bertz CT molecular complexity index is 1280. The van der Waals surface area contributed by atoms with E-state index in [9.17, 15) is 14.0 Å². The highest BCUT2D eigenvalue weighted by molar-refractivity contribution is 7.21. The number of fused-ring (bicyclic) bond motifs is 1. The van der Waals surface area contributed by atoms with Crippen molar-refractivity contribution in [3.63, 3.8) is 0 Å². The van der Waals surface area contributed by atoms with Gasteiger partial charge in [0, 0.05) is 16.9 Å². The average Bonchev–Trinajstić information content (AvgIpc) is 3.17. The summed E-state index contributed by atoms with van der Waals surface area (Å²) in [5.41, 5.74) is 1.58. The summed E-state index contributed by atoms with van der Waals surface area (Å²) in [6.07, 6.45) is 0.527. The number of rotatable bonds is 5. The molecule has 0 N–H and O–H groups in total. The van der Waals surface area contributed by atoms with E-state index >= 15 is 0 Å². The van der Waals surface area contributed by atoms with Gasteiger partial charge in [0.25, 0.3) is 5.56 Å². The zero-order valence-corrected chi connectivity index (χ0v) is 16.9. The Hall–Kier alpha value is -3.12. The highest BCUT2D eigenvalue weighted by atomic mass is 32.1. The van der Waals surface area contributed by atoms with Crippen LogP contribution in [-0.4, -0.2) is 15.3 Å². The number of ketones is 1. The second kappa shape index (κ2) is 7.72. The third-order valence-corrected chi connectivity index (χ3v) is 5.96. The van der Waals surface area contributed by atoms with E-state index in [0.717, 1.165) is 10.4 Å². The minimum Gasteiger partial charge on any atom is -0.292 e. The quantitative estimate of drug-likeness (QED) is 0.438. The molecule has 0 spiro atoms. The van der Waals surface area contributed by atoms with E-state index in [0.29, 0.717) is 33.6 Å². The van der Waals surface area contributed by atoms with E-state index in [1.807, 2.05) is 43.3 Å². The molecule has 4 aromatic rings. The Morgan fingerprint density at radius 1 is 1.14 bits per heavy atom. The number of Topliss-reactive ketones (excluding diaryl/α,β-unsaturated/α-hetero) is 1. The molecule has 0 atom stereocenters. The summed E-state index contributed by atoms with van der Waals surface area (Å²) in [7, 11) is 0. The van der Waals surface area contributed by atoms with Crippen molar-refractivity contribution < 1.29 is 9.18 Å². The van der Waals surface area contributed by atoms with Crippen molar-refractivity contribution in [2.24, 2.45) is 0 Å². The summed E-state index contributed by atoms with van der Waals surface area (Å²) in [6, 6.07) is 15.9. The molecule has 2 heterocycles. The van der Waals surface area contributed by atoms with Crippen LogP contribution in [0.5, 0.6) is 0 Å². The van der Waals surface area contributed by atoms with Gasteiger partial charge < -0.3 is 0 Å². The van der Waals surface area contributed by atoms with Gasteiger partial charge >= 0.3 is 0 Å². The first-order chi connectivity index (χ1) is 14.0. The van der Waals surface area contributed by atoms with Gasteiger partial charge in [0.15, 0.2) is 5.78 Å². The number of nitrogens with zero attached hydrogens (tertiary/aromatic N) is 2. The summed E-state index contributed by atoms with van der Waals surface area (Å²) in [6.45, 7) is 3.40. The zero-order chi connectivity index (χ0) is 20.5. The maximum atomic E-state index is 13.5. The molecule has 0 bridgehead atoms. The third-order valence-electron chi connectivity index (χ3n) is 4.89. The van der Waals surface area contributed by atoms with E-state index in [1.165, 1.54) is 34.1 Å². The molecule has 0 aliphatic carbocycles. The van der Waals surface area contributed by atoms with Gasteiger partial charge in [-0.05, 0) is 42.3 Å². The molecule has 0 saturated carbocycles. The summed E-state index contributed by atoms with van der Waals surface area (Å²) >= 11 is 1.47. The molecule has 6 heteroatoms. The van der Waals surface area contributed by atoms with E-state index in [4.69, 9.17) is 0 Å². The van der Waals surface area contributed by atoms with Gasteiger partial charge in [-0.1, -0.05) is 37.3 Å². The molecule has 0 saturated heterocycles. The number of hydrogen-bond acceptors (Lipinski definition) is 4. The Kier molecular flexibility index (Phi) is 5.11. The van der Waals surface area contributed by atoms with Gasteiger partial charge in [-0.2, -0.15) is 0 Å². The predicted octanol–water partition coefficient (Wildman–Crippen LogP) is 5.02. The fourth-order valence-electron chi connectivity index (χ4n) is 3.29. The molecule has 2 aromatic carbocycles. The first kappa shape index (κ1) is 19.2. The number of aromatic nitrogens is 2. The van der Waals surface area contributed by atoms with Crippen molar-refractivity contribution in [3.8, 4) is 10.4 Å². The first-order valence-corrected chi connectivity index (χ1v) is 10.2. The number of benzene rings is 2. The van der Waals surface area contributed by atoms with E-state index in [1.54, 1.807) is 6.92 Å². The van der Waals surface area contributed by atoms with Gasteiger partial charge in [0.2, 0.25) is 0 Å². The Balaban J connectivity index is 1.77. The topological polar surface area (TPSA) is 52.0 Å². The summed E-state index contributed by atoms with van der Waals surface area (Å²) in [5, 5.41) is 0.508. The van der Waals surface area contributed by atoms with Crippen LogP contribution in [0.1, 0.15) is 28.7 Å². The van der Waals surface area contributed by atoms with Crippen LogP contribution in [0.3, 0.4) is 0 Å². The second-order valence-corrected chi connectivity index (χ2v) is 7.89. The zero-order valence-electron chi connectivity index (χ0n) is 16.1. The predicted molar refractivity (Wildman–Crippen MR) is 114 cm³/mol. The van der Waals surface area contributed by atoms with Gasteiger partial charge in [-0.15, -0.1) is 11.3 Å². The first-order valence-electron chi connectivity index (χ1n) is 9.36. The number of halogens is 1. The van der Waals surface area contributed by atoms with Crippen LogP contribution in [0.25, 0.3) is 20.7 Å². The van der Waals surface area contributed by atoms with Crippen molar-refractivity contribution in [2.75, 3.05) is 0 Å². The lowest BCUT2D eigenvalue weighted by Gasteiger charge is -2.11. The molecule has 0 amide bonds. The molecule has 2 aromatic heterocycles. The number of aryl methyl sites for hydroxylation is 2. The molecule has 0 aliphatic heterocycles. The van der Waals surface area contributed by atoms with Crippen molar-refractivity contribution in [1.82, 2.24) is 9.55 Å². The van der Waals surface area contributed by atoms with Crippen molar-refractivity contribution in [3.05, 3.63) is 87.7 Å². The molecule has 0 unspecified atom stereocenters. The van der Waals surface area contributed by atoms with Crippen LogP contribution in [0.2, 0.25) is 0 Å². The molecule has 146 valence electrons. The van der Waals surface area contributed by atoms with Crippen molar-refractivity contribution in [2.45, 2.75) is 26.8 Å². The molecule has 4 rings (SSSR count). The average molecular weight is 406 g/mol. The van der Waals surface area contributed by atoms with Crippen LogP contribution in [0.15, 0.2) is 59.4 Å². The fourth-order valence-corrected chi connectivity index (χ4v) is 4.33. The maximum Gasteiger partial charge on any atom is 0.262 e. The van der Waals surface area contributed by atoms with Gasteiger partial charge in [0.05, 0.1) is 11.9 Å². The lowest BCUT2D eigenvalue weighted by atomic mass is 10.1. The van der Waals surface area contributed by atoms with Crippen LogP contribution >= 0.6 is 11.3 Å². The van der Waals surface area contributed by atoms with Crippen LogP contribution in [-0.2, 0) is 13.0 Å². The number of hydrogen-bond donors (Lipinski definition) is 0. The summed E-state index contributed by atoms with van der Waals surface area (Å²) < 4.78 is 14.9. The molecule has 0 radical (unpaired) electrons. The molecular formula is C23H19FN2O2S. The molecule has 4 nitrogen and oxygen atoms in total. The third kappa shape index (κ3) is 3.63. The SMILES string of the molecule is CCc1nc2sc(-c3ccccc3)cc2c(=O)n1CC(=O)c1ccc(F)c(C)c1. The maximum absolute atomic E-state index is 13.5. The molecule has 0 aliphatic rings. The molecule has 0 fully saturated rings. The lowest BCUT2D eigenvalue weighted by Crippen LogP contribution is -2.28. The van der Waals surface area contributed by atoms with Crippen LogP contribution in [0, 0.1) is 12.7 Å². The van der Waals surface area contributed by atoms with E-state index in [-0.39, 0.29) is 23.7 Å². The second-order valence-electron chi connectivity index (χ2n) is 6.86. The largest absolute Gasteiger partial charge is 0.292 e. The summed E-state index contributed by atoms with van der Waals surface area (Å²) in [5.74, 6) is -0.0385. The van der Waals surface area contributed by atoms with Crippen LogP contribution < -0.4 is 5.56 Å². The standard InChI is InChI=1S/C23H19FN2O2S/c1-3-21-25-22-17(12-20(29-22)15-7-5-4-6-8-15)23(28)26(21)13-19(27)16-9-10-18(24)14(2)11-16/h4-12H,3,13H2,1-2H3. The van der Waals surface area contributed by atoms with Gasteiger partial charge in [-0.25, -0.2) is 9.37 Å². The highest BCUT2D eigenvalue weighted by Crippen LogP contribution is 2.31. The minimum absolute atomic E-state index is 0.119. The van der Waals surface area contributed by atoms with E-state index in [2.05, 4.69) is 4.98 Å². The van der Waals surface area contributed by atoms with Crippen LogP contribution in [0.4, 0.5) is 4.39 Å². The summed E-state index contributed by atoms with van der Waals surface area (Å²) in [4.78, 5) is 32.2. The molecule has 29 heavy (non-hydrogen) atoms. The van der Waals surface area contributed by atoms with Crippen molar-refractivity contribution in [1.29, 1.82) is 0 Å². The van der Waals surface area contributed by atoms with Gasteiger partial charge in [-0.3, -0.25) is 14.2 Å². The number of carbonyl (C=O) groups excluding carboxylic acids is 1. The lowest BCUT2D eigenvalue weighted by molar-refractivity contribution is 0.0969. The highest BCUT2D eigenvalue weighted by Gasteiger charge is 2.17. The molecular weight excluding hydrogens is 387 g/mol. The Morgan fingerprint density at radius 3 is 2.59 bits per heavy atom. The monoisotopic (exact) mass is 406 g/mol. The van der Waals surface area contributed by atoms with Gasteiger partial charge in [0.1, 0.15) is 16.5 Å². The number of carbonyl (C=O) groups is 1. The minimum atomic E-state index is -0.359. The van der Waals surface area contributed by atoms with Crippen molar-refractivity contribution >= 4 is 27.3 Å². The number of thiophene rings is 1. The normalized spacial score (nSPS) is 11.1. The van der Waals surface area contributed by atoms with E-state index < -0.39 is 0 Å². The Morgan fingerprint density at radius 2 is 1.90 bits per heavy atom. The fraction of sp³-hybridized carbons (Fsp3) is 0.174. The Labute approximate surface area is 171 Å².